The van der Waals surface area contributed by atoms with Gasteiger partial charge in [-0.05, 0) is 46.0 Å². The van der Waals surface area contributed by atoms with Gasteiger partial charge in [-0.25, -0.2) is 4.98 Å². The Morgan fingerprint density at radius 3 is 2.62 bits per heavy atom. The minimum Gasteiger partial charge on any atom is -0.461 e. The second-order valence-electron chi connectivity index (χ2n) is 7.22. The molecule has 1 aromatic heterocycles. The molecule has 2 fully saturated rings. The molecule has 130 valence electrons. The quantitative estimate of drug-likeness (QED) is 0.619. The van der Waals surface area contributed by atoms with E-state index >= 15 is 0 Å². The van der Waals surface area contributed by atoms with Gasteiger partial charge in [0.25, 0.3) is 0 Å². The van der Waals surface area contributed by atoms with Crippen LogP contribution in [0, 0.1) is 5.41 Å². The van der Waals surface area contributed by atoms with Crippen molar-refractivity contribution in [2.45, 2.75) is 32.3 Å². The lowest BCUT2D eigenvalue weighted by molar-refractivity contribution is -0.150. The molecule has 1 atom stereocenters. The summed E-state index contributed by atoms with van der Waals surface area (Å²) in [6.45, 7) is 3.90. The smallest absolute Gasteiger partial charge is 0.312 e. The summed E-state index contributed by atoms with van der Waals surface area (Å²) in [7, 11) is 4.00. The van der Waals surface area contributed by atoms with E-state index in [1.54, 1.807) is 6.20 Å². The van der Waals surface area contributed by atoms with E-state index in [1.165, 1.54) is 6.92 Å². The Morgan fingerprint density at radius 2 is 2.08 bits per heavy atom. The molecule has 0 amide bonds. The van der Waals surface area contributed by atoms with Crippen molar-refractivity contribution in [1.29, 1.82) is 0 Å². The third-order valence-electron chi connectivity index (χ3n) is 5.09. The number of cyclic esters (lactones) is 1. The minimum absolute atomic E-state index is 0.00650. The van der Waals surface area contributed by atoms with Crippen molar-refractivity contribution < 1.29 is 14.3 Å². The molecule has 6 heteroatoms. The summed E-state index contributed by atoms with van der Waals surface area (Å²) in [4.78, 5) is 32.4. The van der Waals surface area contributed by atoms with Gasteiger partial charge in [-0.15, -0.1) is 0 Å². The van der Waals surface area contributed by atoms with Crippen molar-refractivity contribution in [3.05, 3.63) is 23.9 Å². The lowest BCUT2D eigenvalue weighted by Gasteiger charge is -2.37. The van der Waals surface area contributed by atoms with Crippen LogP contribution in [-0.4, -0.2) is 61.5 Å². The molecule has 24 heavy (non-hydrogen) atoms. The van der Waals surface area contributed by atoms with Crippen molar-refractivity contribution in [2.75, 3.05) is 38.6 Å². The highest BCUT2D eigenvalue weighted by molar-refractivity contribution is 5.93. The number of hydrogen-bond donors (Lipinski definition) is 0. The van der Waals surface area contributed by atoms with Gasteiger partial charge in [0.2, 0.25) is 0 Å². The van der Waals surface area contributed by atoms with Gasteiger partial charge in [-0.3, -0.25) is 9.59 Å². The number of likely N-dealkylation sites (N-methyl/N-ethyl adjacent to an activating group) is 1. The zero-order valence-corrected chi connectivity index (χ0v) is 14.6. The Kier molecular flexibility index (Phi) is 4.58. The van der Waals surface area contributed by atoms with Gasteiger partial charge in [0.05, 0.1) is 5.41 Å². The Balaban J connectivity index is 1.63. The van der Waals surface area contributed by atoms with Crippen molar-refractivity contribution in [3.63, 3.8) is 0 Å². The van der Waals surface area contributed by atoms with E-state index in [0.29, 0.717) is 5.56 Å². The van der Waals surface area contributed by atoms with Crippen molar-refractivity contribution in [3.8, 4) is 0 Å². The number of rotatable bonds is 4. The van der Waals surface area contributed by atoms with Crippen molar-refractivity contribution in [1.82, 2.24) is 9.88 Å². The molecule has 6 nitrogen and oxygen atoms in total. The number of ketones is 1. The number of nitrogens with zero attached hydrogens (tertiary/aromatic N) is 3. The van der Waals surface area contributed by atoms with E-state index in [0.717, 1.165) is 44.7 Å². The highest BCUT2D eigenvalue weighted by atomic mass is 16.6. The van der Waals surface area contributed by atoms with Gasteiger partial charge in [0, 0.05) is 37.8 Å². The Hall–Kier alpha value is -1.95. The highest BCUT2D eigenvalue weighted by Crippen LogP contribution is 2.43. The average Bonchev–Trinajstić information content (AvgIpc) is 2.82. The van der Waals surface area contributed by atoms with E-state index in [-0.39, 0.29) is 23.3 Å². The Labute approximate surface area is 142 Å². The summed E-state index contributed by atoms with van der Waals surface area (Å²) in [6.07, 6.45) is 4.04. The van der Waals surface area contributed by atoms with Crippen LogP contribution in [-0.2, 0) is 9.53 Å². The summed E-state index contributed by atoms with van der Waals surface area (Å²) in [5, 5.41) is 0. The topological polar surface area (TPSA) is 62.7 Å². The maximum absolute atomic E-state index is 12.4. The Morgan fingerprint density at radius 1 is 1.38 bits per heavy atom. The highest BCUT2D eigenvalue weighted by Gasteiger charge is 2.50. The monoisotopic (exact) mass is 331 g/mol. The predicted octanol–water partition coefficient (Wildman–Crippen LogP) is 1.75. The third kappa shape index (κ3) is 3.29. The van der Waals surface area contributed by atoms with Gasteiger partial charge < -0.3 is 14.5 Å². The van der Waals surface area contributed by atoms with Crippen LogP contribution in [0.1, 0.15) is 36.5 Å². The largest absolute Gasteiger partial charge is 0.461 e. The fourth-order valence-corrected chi connectivity index (χ4v) is 3.70. The number of anilines is 1. The van der Waals surface area contributed by atoms with Crippen LogP contribution < -0.4 is 4.90 Å². The lowest BCUT2D eigenvalue weighted by Crippen LogP contribution is -2.43. The van der Waals surface area contributed by atoms with Crippen LogP contribution in [0.2, 0.25) is 0 Å². The lowest BCUT2D eigenvalue weighted by atomic mass is 9.76. The molecular weight excluding hydrogens is 306 g/mol. The summed E-state index contributed by atoms with van der Waals surface area (Å²) in [5.74, 6) is 0.854. The summed E-state index contributed by atoms with van der Waals surface area (Å²) < 4.78 is 5.60. The molecule has 0 aliphatic carbocycles. The van der Waals surface area contributed by atoms with E-state index < -0.39 is 0 Å². The number of carbonyl (C=O) groups excluding carboxylic acids is 2. The molecule has 0 N–H and O–H groups in total. The zero-order valence-electron chi connectivity index (χ0n) is 14.6. The van der Waals surface area contributed by atoms with E-state index in [4.69, 9.17) is 4.74 Å². The summed E-state index contributed by atoms with van der Waals surface area (Å²) in [5.41, 5.74) is 0.300. The van der Waals surface area contributed by atoms with E-state index in [1.807, 2.05) is 26.2 Å². The molecule has 1 aromatic rings. The second kappa shape index (κ2) is 6.51. The Bertz CT molecular complexity index is 619. The number of carbonyl (C=O) groups is 2. The number of hydrogen-bond acceptors (Lipinski definition) is 6. The number of ether oxygens (including phenoxy) is 1. The third-order valence-corrected chi connectivity index (χ3v) is 5.09. The first-order chi connectivity index (χ1) is 11.4. The normalized spacial score (nSPS) is 22.9. The first-order valence-corrected chi connectivity index (χ1v) is 8.47. The number of aromatic nitrogens is 1. The molecule has 1 unspecified atom stereocenters. The first kappa shape index (κ1) is 16.9. The number of Topliss-reactive ketones (excluding diaryl/α,β-unsaturated/α-hetero) is 1. The standard InChI is InChI=1S/C18H25N3O3/c1-13(22)14-4-5-16(19-11-14)21-8-6-18(7-9-21)10-15(12-20(2)3)24-17(18)23/h4-5,11,15H,6-10,12H2,1-3H3. The maximum atomic E-state index is 12.4. The summed E-state index contributed by atoms with van der Waals surface area (Å²) >= 11 is 0. The molecule has 2 saturated heterocycles. The number of piperidine rings is 1. The number of pyridine rings is 1. The minimum atomic E-state index is -0.323. The molecule has 2 aliphatic rings. The SMILES string of the molecule is CC(=O)c1ccc(N2CCC3(CC2)CC(CN(C)C)OC3=O)nc1. The van der Waals surface area contributed by atoms with Gasteiger partial charge in [0.1, 0.15) is 11.9 Å². The van der Waals surface area contributed by atoms with Crippen molar-refractivity contribution in [2.24, 2.45) is 5.41 Å². The van der Waals surface area contributed by atoms with Crippen LogP contribution >= 0.6 is 0 Å². The second-order valence-corrected chi connectivity index (χ2v) is 7.22. The fraction of sp³-hybridized carbons (Fsp3) is 0.611. The van der Waals surface area contributed by atoms with E-state index in [9.17, 15) is 9.59 Å². The fourth-order valence-electron chi connectivity index (χ4n) is 3.70. The molecule has 0 radical (unpaired) electrons. The van der Waals surface area contributed by atoms with Crippen LogP contribution in [0.3, 0.4) is 0 Å². The summed E-state index contributed by atoms with van der Waals surface area (Å²) in [6, 6.07) is 3.70. The molecule has 3 rings (SSSR count). The average molecular weight is 331 g/mol. The first-order valence-electron chi connectivity index (χ1n) is 8.47. The van der Waals surface area contributed by atoms with Crippen LogP contribution in [0.25, 0.3) is 0 Å². The molecule has 0 bridgehead atoms. The molecule has 1 spiro atoms. The molecule has 0 saturated carbocycles. The van der Waals surface area contributed by atoms with Gasteiger partial charge in [0.15, 0.2) is 5.78 Å². The van der Waals surface area contributed by atoms with Crippen molar-refractivity contribution >= 4 is 17.6 Å². The van der Waals surface area contributed by atoms with Crippen LogP contribution in [0.4, 0.5) is 5.82 Å². The predicted molar refractivity (Wildman–Crippen MR) is 91.2 cm³/mol. The maximum Gasteiger partial charge on any atom is 0.312 e. The number of esters is 1. The van der Waals surface area contributed by atoms with Gasteiger partial charge in [-0.1, -0.05) is 0 Å². The van der Waals surface area contributed by atoms with Crippen LogP contribution in [0.15, 0.2) is 18.3 Å². The molecule has 0 aromatic carbocycles. The molecule has 2 aliphatic heterocycles. The zero-order chi connectivity index (χ0) is 17.3. The molecule has 3 heterocycles. The van der Waals surface area contributed by atoms with E-state index in [2.05, 4.69) is 14.8 Å². The molecular formula is C18H25N3O3. The van der Waals surface area contributed by atoms with Crippen LogP contribution in [0.5, 0.6) is 0 Å². The van der Waals surface area contributed by atoms with Gasteiger partial charge in [-0.2, -0.15) is 0 Å². The van der Waals surface area contributed by atoms with Gasteiger partial charge >= 0.3 is 5.97 Å².